The largest absolute Gasteiger partial charge is 0.486 e. The van der Waals surface area contributed by atoms with E-state index in [1.165, 1.54) is 12.1 Å². The molecule has 2 aromatic carbocycles. The topological polar surface area (TPSA) is 95.7 Å². The van der Waals surface area contributed by atoms with Gasteiger partial charge < -0.3 is 9.47 Å². The summed E-state index contributed by atoms with van der Waals surface area (Å²) in [6, 6.07) is 9.40. The number of halogens is 2. The molecule has 7 nitrogen and oxygen atoms in total. The fourth-order valence-electron chi connectivity index (χ4n) is 5.76. The molecule has 204 valence electrons. The number of rotatable bonds is 5. The zero-order chi connectivity index (χ0) is 28.3. The number of ketones is 2. The number of benzene rings is 2. The number of nitro groups is 1. The fraction of sp³-hybridized carbons (Fsp3) is 0.400. The van der Waals surface area contributed by atoms with Gasteiger partial charge in [-0.05, 0) is 46.2 Å². The van der Waals surface area contributed by atoms with Gasteiger partial charge in [0.15, 0.2) is 17.3 Å². The van der Waals surface area contributed by atoms with Gasteiger partial charge in [0, 0.05) is 54.9 Å². The molecule has 0 saturated carbocycles. The van der Waals surface area contributed by atoms with E-state index in [0.717, 1.165) is 0 Å². The summed E-state index contributed by atoms with van der Waals surface area (Å²) in [5.74, 6) is 0.799. The predicted molar refractivity (Wildman–Crippen MR) is 148 cm³/mol. The van der Waals surface area contributed by atoms with E-state index in [1.807, 2.05) is 27.7 Å². The zero-order valence-electron chi connectivity index (χ0n) is 22.2. The van der Waals surface area contributed by atoms with E-state index in [2.05, 4.69) is 0 Å². The molecule has 3 aliphatic rings. The van der Waals surface area contributed by atoms with Crippen molar-refractivity contribution in [2.45, 2.75) is 65.9 Å². The van der Waals surface area contributed by atoms with E-state index in [1.54, 1.807) is 24.3 Å². The van der Waals surface area contributed by atoms with Crippen LogP contribution in [0.15, 0.2) is 59.1 Å². The molecule has 0 fully saturated rings. The average Bonchev–Trinajstić information content (AvgIpc) is 2.80. The highest BCUT2D eigenvalue weighted by atomic mass is 35.5. The number of carbonyl (C=O) groups is 2. The smallest absolute Gasteiger partial charge is 0.269 e. The molecule has 1 heterocycles. The van der Waals surface area contributed by atoms with Gasteiger partial charge in [-0.1, -0.05) is 50.9 Å². The predicted octanol–water partition coefficient (Wildman–Crippen LogP) is 7.88. The molecule has 0 N–H and O–H groups in total. The number of nitrogens with zero attached hydrogens (tertiary/aromatic N) is 1. The number of non-ortho nitro benzene ring substituents is 1. The van der Waals surface area contributed by atoms with Gasteiger partial charge in [-0.3, -0.25) is 19.7 Å². The Hall–Kier alpha value is -3.16. The van der Waals surface area contributed by atoms with E-state index < -0.39 is 10.8 Å². The Kier molecular flexibility index (Phi) is 6.88. The molecular formula is C30H29Cl2NO6. The van der Waals surface area contributed by atoms with Crippen LogP contribution in [0.5, 0.6) is 5.75 Å². The van der Waals surface area contributed by atoms with Crippen molar-refractivity contribution in [2.75, 3.05) is 0 Å². The van der Waals surface area contributed by atoms with Gasteiger partial charge in [0.05, 0.1) is 15.0 Å². The SMILES string of the molecule is CC1(C)CC(=O)C2=C(C1)OC1=C(C(=O)CC(C)(C)C1)C2c1cc(Cl)c(OCc2ccc([N+](=O)[O-])cc2)c(Cl)c1. The summed E-state index contributed by atoms with van der Waals surface area (Å²) in [4.78, 5) is 37.4. The van der Waals surface area contributed by atoms with Gasteiger partial charge in [0.1, 0.15) is 18.1 Å². The Balaban J connectivity index is 1.52. The maximum absolute atomic E-state index is 13.5. The van der Waals surface area contributed by atoms with E-state index in [9.17, 15) is 19.7 Å². The third-order valence-corrected chi connectivity index (χ3v) is 8.03. The van der Waals surface area contributed by atoms with Crippen molar-refractivity contribution >= 4 is 40.5 Å². The van der Waals surface area contributed by atoms with Crippen LogP contribution < -0.4 is 4.74 Å². The number of hydrogen-bond acceptors (Lipinski definition) is 6. The quantitative estimate of drug-likeness (QED) is 0.268. The van der Waals surface area contributed by atoms with Crippen molar-refractivity contribution in [1.29, 1.82) is 0 Å². The zero-order valence-corrected chi connectivity index (χ0v) is 23.7. The lowest BCUT2D eigenvalue weighted by Gasteiger charge is -2.42. The number of ether oxygens (including phenoxy) is 2. The van der Waals surface area contributed by atoms with Crippen molar-refractivity contribution in [3.8, 4) is 5.75 Å². The van der Waals surface area contributed by atoms with Gasteiger partial charge in [-0.2, -0.15) is 0 Å². The molecule has 0 aromatic heterocycles. The Morgan fingerprint density at radius 1 is 0.897 bits per heavy atom. The molecule has 0 amide bonds. The normalized spacial score (nSPS) is 20.4. The van der Waals surface area contributed by atoms with E-state index in [0.29, 0.717) is 59.5 Å². The summed E-state index contributed by atoms with van der Waals surface area (Å²) in [5.41, 5.74) is 1.84. The Bertz CT molecular complexity index is 1390. The summed E-state index contributed by atoms with van der Waals surface area (Å²) in [6.07, 6.45) is 1.89. The van der Waals surface area contributed by atoms with E-state index >= 15 is 0 Å². The minimum atomic E-state index is -0.616. The summed E-state index contributed by atoms with van der Waals surface area (Å²) < 4.78 is 12.2. The van der Waals surface area contributed by atoms with Crippen LogP contribution in [0, 0.1) is 20.9 Å². The van der Waals surface area contributed by atoms with Crippen molar-refractivity contribution in [3.63, 3.8) is 0 Å². The lowest BCUT2D eigenvalue weighted by Crippen LogP contribution is -2.37. The van der Waals surface area contributed by atoms with Crippen molar-refractivity contribution < 1.29 is 24.0 Å². The van der Waals surface area contributed by atoms with Crippen molar-refractivity contribution in [1.82, 2.24) is 0 Å². The van der Waals surface area contributed by atoms with Crippen LogP contribution in [0.25, 0.3) is 0 Å². The molecule has 5 rings (SSSR count). The first-order valence-electron chi connectivity index (χ1n) is 12.8. The summed E-state index contributed by atoms with van der Waals surface area (Å²) in [7, 11) is 0. The van der Waals surface area contributed by atoms with Crippen LogP contribution in [0.1, 0.15) is 70.4 Å². The number of allylic oxidation sites excluding steroid dienone is 4. The number of nitro benzene ring substituents is 1. The molecule has 2 aromatic rings. The summed E-state index contributed by atoms with van der Waals surface area (Å²) in [6.45, 7) is 8.25. The van der Waals surface area contributed by atoms with Crippen LogP contribution in [-0.4, -0.2) is 16.5 Å². The summed E-state index contributed by atoms with van der Waals surface area (Å²) in [5, 5.41) is 11.4. The second-order valence-electron chi connectivity index (χ2n) is 12.1. The van der Waals surface area contributed by atoms with Crippen LogP contribution in [0.3, 0.4) is 0 Å². The standard InChI is InChI=1S/C30H29Cl2NO6/c1-29(2)11-21(34)26-23(13-29)39-24-14-30(3,4)12-22(35)27(24)25(26)17-9-19(31)28(20(32)10-17)38-15-16-5-7-18(8-6-16)33(36)37/h5-10,25H,11-15H2,1-4H3. The molecular weight excluding hydrogens is 541 g/mol. The van der Waals surface area contributed by atoms with Crippen molar-refractivity contribution in [3.05, 3.63) is 90.3 Å². The third-order valence-electron chi connectivity index (χ3n) is 7.47. The lowest BCUT2D eigenvalue weighted by molar-refractivity contribution is -0.384. The fourth-order valence-corrected chi connectivity index (χ4v) is 6.37. The van der Waals surface area contributed by atoms with Gasteiger partial charge in [-0.15, -0.1) is 0 Å². The first-order chi connectivity index (χ1) is 18.2. The van der Waals surface area contributed by atoms with Crippen LogP contribution in [0.2, 0.25) is 10.0 Å². The van der Waals surface area contributed by atoms with Crippen LogP contribution in [0.4, 0.5) is 5.69 Å². The highest BCUT2D eigenvalue weighted by molar-refractivity contribution is 6.37. The third kappa shape index (κ3) is 5.35. The number of hydrogen-bond donors (Lipinski definition) is 0. The van der Waals surface area contributed by atoms with Gasteiger partial charge >= 0.3 is 0 Å². The van der Waals surface area contributed by atoms with E-state index in [-0.39, 0.29) is 50.5 Å². The Morgan fingerprint density at radius 3 is 1.85 bits per heavy atom. The number of Topliss-reactive ketones (excluding diaryl/α,β-unsaturated/α-hetero) is 2. The Morgan fingerprint density at radius 2 is 1.38 bits per heavy atom. The molecule has 39 heavy (non-hydrogen) atoms. The highest BCUT2D eigenvalue weighted by Crippen LogP contribution is 2.54. The lowest BCUT2D eigenvalue weighted by atomic mass is 9.65. The monoisotopic (exact) mass is 569 g/mol. The molecule has 0 spiro atoms. The van der Waals surface area contributed by atoms with Crippen LogP contribution >= 0.6 is 23.2 Å². The van der Waals surface area contributed by atoms with Gasteiger partial charge in [0.2, 0.25) is 0 Å². The molecule has 9 heteroatoms. The maximum Gasteiger partial charge on any atom is 0.269 e. The first kappa shape index (κ1) is 27.4. The van der Waals surface area contributed by atoms with E-state index in [4.69, 9.17) is 32.7 Å². The molecule has 1 aliphatic heterocycles. The van der Waals surface area contributed by atoms with Gasteiger partial charge in [-0.25, -0.2) is 0 Å². The average molecular weight is 570 g/mol. The molecule has 0 bridgehead atoms. The first-order valence-corrected chi connectivity index (χ1v) is 13.6. The van der Waals surface area contributed by atoms with Crippen LogP contribution in [-0.2, 0) is 20.9 Å². The molecule has 0 saturated heterocycles. The van der Waals surface area contributed by atoms with Crippen molar-refractivity contribution in [2.24, 2.45) is 10.8 Å². The van der Waals surface area contributed by atoms with Gasteiger partial charge in [0.25, 0.3) is 5.69 Å². The summed E-state index contributed by atoms with van der Waals surface area (Å²) >= 11 is 13.3. The second kappa shape index (κ2) is 9.79. The molecule has 0 unspecified atom stereocenters. The highest BCUT2D eigenvalue weighted by Gasteiger charge is 2.48. The minimum absolute atomic E-state index is 0.0146. The molecule has 2 aliphatic carbocycles. The maximum atomic E-state index is 13.5. The number of carbonyl (C=O) groups excluding carboxylic acids is 2. The second-order valence-corrected chi connectivity index (χ2v) is 12.9. The molecule has 0 atom stereocenters. The Labute approximate surface area is 236 Å². The minimum Gasteiger partial charge on any atom is -0.486 e. The molecule has 0 radical (unpaired) electrons.